The Morgan fingerprint density at radius 3 is 2.56 bits per heavy atom. The van der Waals surface area contributed by atoms with Crippen LogP contribution in [0.15, 0.2) is 36.5 Å². The Balaban J connectivity index is 1.79. The van der Waals surface area contributed by atoms with Crippen LogP contribution in [0.2, 0.25) is 5.02 Å². The van der Waals surface area contributed by atoms with E-state index < -0.39 is 0 Å². The zero-order valence-electron chi connectivity index (χ0n) is 14.6. The second-order valence-electron chi connectivity index (χ2n) is 6.45. The summed E-state index contributed by atoms with van der Waals surface area (Å²) in [6.45, 7) is 9.54. The number of rotatable bonds is 3. The Bertz CT molecular complexity index is 896. The molecule has 25 heavy (non-hydrogen) atoms. The van der Waals surface area contributed by atoms with Crippen molar-refractivity contribution in [2.75, 3.05) is 37.6 Å². The zero-order valence-corrected chi connectivity index (χ0v) is 15.4. The number of halogens is 1. The highest BCUT2D eigenvalue weighted by molar-refractivity contribution is 6.33. The minimum absolute atomic E-state index is 0.721. The molecule has 0 unspecified atom stereocenters. The molecule has 3 aromatic rings. The van der Waals surface area contributed by atoms with Crippen LogP contribution in [0.3, 0.4) is 0 Å². The van der Waals surface area contributed by atoms with E-state index in [0.717, 1.165) is 66.0 Å². The number of hydrogen-bond acceptors (Lipinski definition) is 4. The summed E-state index contributed by atoms with van der Waals surface area (Å²) in [5.74, 6) is 1.11. The molecule has 4 rings (SSSR count). The number of likely N-dealkylation sites (N-methyl/N-ethyl adjacent to an activating group) is 1. The van der Waals surface area contributed by atoms with Gasteiger partial charge in [-0.3, -0.25) is 0 Å². The van der Waals surface area contributed by atoms with Gasteiger partial charge in [-0.15, -0.1) is 0 Å². The SMILES string of the molecule is CCN1CCN(c2cc(C)nc3c(-c4ccccc4Cl)cnn23)CC1. The van der Waals surface area contributed by atoms with Gasteiger partial charge in [-0.25, -0.2) is 4.98 Å². The molecule has 1 fully saturated rings. The van der Waals surface area contributed by atoms with E-state index in [1.165, 1.54) is 0 Å². The van der Waals surface area contributed by atoms with Gasteiger partial charge in [-0.05, 0) is 19.5 Å². The van der Waals surface area contributed by atoms with E-state index in [9.17, 15) is 0 Å². The molecule has 1 aliphatic heterocycles. The van der Waals surface area contributed by atoms with Gasteiger partial charge in [0.15, 0.2) is 5.65 Å². The van der Waals surface area contributed by atoms with Gasteiger partial charge in [-0.1, -0.05) is 36.7 Å². The summed E-state index contributed by atoms with van der Waals surface area (Å²) in [7, 11) is 0. The third kappa shape index (κ3) is 2.98. The van der Waals surface area contributed by atoms with E-state index in [0.29, 0.717) is 0 Å². The Morgan fingerprint density at radius 2 is 1.84 bits per heavy atom. The van der Waals surface area contributed by atoms with Crippen LogP contribution in [0.1, 0.15) is 12.6 Å². The lowest BCUT2D eigenvalue weighted by atomic mass is 10.1. The van der Waals surface area contributed by atoms with Crippen LogP contribution in [-0.2, 0) is 0 Å². The van der Waals surface area contributed by atoms with Gasteiger partial charge in [0.1, 0.15) is 5.82 Å². The molecule has 0 spiro atoms. The Labute approximate surface area is 152 Å². The van der Waals surface area contributed by atoms with Crippen molar-refractivity contribution in [3.05, 3.63) is 47.2 Å². The minimum atomic E-state index is 0.721. The molecule has 0 radical (unpaired) electrons. The second-order valence-corrected chi connectivity index (χ2v) is 6.86. The summed E-state index contributed by atoms with van der Waals surface area (Å²) in [5, 5.41) is 5.35. The number of benzene rings is 1. The Kier molecular flexibility index (Phi) is 4.36. The number of aryl methyl sites for hydroxylation is 1. The van der Waals surface area contributed by atoms with Crippen molar-refractivity contribution >= 4 is 23.1 Å². The Morgan fingerprint density at radius 1 is 1.08 bits per heavy atom. The van der Waals surface area contributed by atoms with Gasteiger partial charge in [0.25, 0.3) is 0 Å². The van der Waals surface area contributed by atoms with Crippen LogP contribution in [-0.4, -0.2) is 52.2 Å². The smallest absolute Gasteiger partial charge is 0.165 e. The summed E-state index contributed by atoms with van der Waals surface area (Å²) in [6.07, 6.45) is 1.87. The molecule has 0 atom stereocenters. The van der Waals surface area contributed by atoms with Crippen LogP contribution in [0, 0.1) is 6.92 Å². The fraction of sp³-hybridized carbons (Fsp3) is 0.368. The lowest BCUT2D eigenvalue weighted by molar-refractivity contribution is 0.270. The lowest BCUT2D eigenvalue weighted by Crippen LogP contribution is -2.46. The molecular weight excluding hydrogens is 334 g/mol. The highest BCUT2D eigenvalue weighted by Gasteiger charge is 2.21. The molecule has 6 heteroatoms. The molecule has 130 valence electrons. The standard InChI is InChI=1S/C19H22ClN5/c1-3-23-8-10-24(11-9-23)18-12-14(2)22-19-16(13-21-25(18)19)15-6-4-5-7-17(15)20/h4-7,12-13H,3,8-11H2,1-2H3. The molecule has 0 saturated carbocycles. The predicted octanol–water partition coefficient (Wildman–Crippen LogP) is 3.50. The first kappa shape index (κ1) is 16.4. The number of aromatic nitrogens is 3. The number of anilines is 1. The summed E-state index contributed by atoms with van der Waals surface area (Å²) < 4.78 is 1.95. The molecule has 5 nitrogen and oxygen atoms in total. The summed E-state index contributed by atoms with van der Waals surface area (Å²) in [6, 6.07) is 9.97. The van der Waals surface area contributed by atoms with E-state index in [4.69, 9.17) is 16.6 Å². The predicted molar refractivity (Wildman–Crippen MR) is 102 cm³/mol. The average Bonchev–Trinajstić information content (AvgIpc) is 3.05. The lowest BCUT2D eigenvalue weighted by Gasteiger charge is -2.35. The monoisotopic (exact) mass is 355 g/mol. The highest BCUT2D eigenvalue weighted by Crippen LogP contribution is 2.32. The number of fused-ring (bicyclic) bond motifs is 1. The molecule has 2 aromatic heterocycles. The van der Waals surface area contributed by atoms with Gasteiger partial charge in [0, 0.05) is 54.1 Å². The van der Waals surface area contributed by atoms with Crippen LogP contribution in [0.4, 0.5) is 5.82 Å². The van der Waals surface area contributed by atoms with E-state index in [-0.39, 0.29) is 0 Å². The molecule has 1 saturated heterocycles. The fourth-order valence-corrected chi connectivity index (χ4v) is 3.69. The van der Waals surface area contributed by atoms with Crippen LogP contribution >= 0.6 is 11.6 Å². The maximum atomic E-state index is 6.40. The third-order valence-corrected chi connectivity index (χ3v) is 5.22. The van der Waals surface area contributed by atoms with E-state index in [2.05, 4.69) is 27.9 Å². The van der Waals surface area contributed by atoms with Crippen molar-refractivity contribution in [2.24, 2.45) is 0 Å². The zero-order chi connectivity index (χ0) is 17.4. The molecule has 0 N–H and O–H groups in total. The van der Waals surface area contributed by atoms with E-state index in [1.54, 1.807) is 0 Å². The maximum Gasteiger partial charge on any atom is 0.165 e. The quantitative estimate of drug-likeness (QED) is 0.720. The van der Waals surface area contributed by atoms with Crippen LogP contribution in [0.5, 0.6) is 0 Å². The van der Waals surface area contributed by atoms with Gasteiger partial charge in [0.05, 0.1) is 6.20 Å². The first-order chi connectivity index (χ1) is 12.2. The fourth-order valence-electron chi connectivity index (χ4n) is 3.45. The van der Waals surface area contributed by atoms with E-state index in [1.807, 2.05) is 41.9 Å². The molecule has 1 aromatic carbocycles. The molecule has 0 aliphatic carbocycles. The van der Waals surface area contributed by atoms with Gasteiger partial charge in [-0.2, -0.15) is 9.61 Å². The molecule has 0 amide bonds. The maximum absolute atomic E-state index is 6.40. The second kappa shape index (κ2) is 6.65. The average molecular weight is 356 g/mol. The largest absolute Gasteiger partial charge is 0.354 e. The molecule has 1 aliphatic rings. The number of nitrogens with zero attached hydrogens (tertiary/aromatic N) is 5. The topological polar surface area (TPSA) is 36.7 Å². The van der Waals surface area contributed by atoms with Crippen molar-refractivity contribution in [3.63, 3.8) is 0 Å². The van der Waals surface area contributed by atoms with Crippen molar-refractivity contribution in [3.8, 4) is 11.1 Å². The number of hydrogen-bond donors (Lipinski definition) is 0. The third-order valence-electron chi connectivity index (χ3n) is 4.89. The molecule has 0 bridgehead atoms. The van der Waals surface area contributed by atoms with Crippen LogP contribution < -0.4 is 4.90 Å². The molecular formula is C19H22ClN5. The first-order valence-electron chi connectivity index (χ1n) is 8.75. The van der Waals surface area contributed by atoms with Crippen molar-refractivity contribution in [1.82, 2.24) is 19.5 Å². The molecule has 3 heterocycles. The summed E-state index contributed by atoms with van der Waals surface area (Å²) in [4.78, 5) is 9.62. The summed E-state index contributed by atoms with van der Waals surface area (Å²) >= 11 is 6.40. The van der Waals surface area contributed by atoms with Crippen molar-refractivity contribution in [2.45, 2.75) is 13.8 Å². The number of piperazine rings is 1. The summed E-state index contributed by atoms with van der Waals surface area (Å²) in [5.41, 5.74) is 3.80. The van der Waals surface area contributed by atoms with Gasteiger partial charge in [0.2, 0.25) is 0 Å². The Hall–Kier alpha value is -2.11. The van der Waals surface area contributed by atoms with E-state index >= 15 is 0 Å². The van der Waals surface area contributed by atoms with Crippen LogP contribution in [0.25, 0.3) is 16.8 Å². The van der Waals surface area contributed by atoms with Crippen molar-refractivity contribution in [1.29, 1.82) is 0 Å². The minimum Gasteiger partial charge on any atom is -0.354 e. The van der Waals surface area contributed by atoms with Gasteiger partial charge < -0.3 is 9.80 Å². The normalized spacial score (nSPS) is 15.9. The highest BCUT2D eigenvalue weighted by atomic mass is 35.5. The van der Waals surface area contributed by atoms with Gasteiger partial charge >= 0.3 is 0 Å². The van der Waals surface area contributed by atoms with Crippen molar-refractivity contribution < 1.29 is 0 Å². The first-order valence-corrected chi connectivity index (χ1v) is 9.12.